The zero-order valence-corrected chi connectivity index (χ0v) is 16.3. The van der Waals surface area contributed by atoms with Crippen LogP contribution >= 0.6 is 15.9 Å². The molecule has 0 unspecified atom stereocenters. The molecule has 0 fully saturated rings. The number of benzene rings is 1. The standard InChI is InChI=1S/C20H16BrNO5/c1-12-14-5-3-4-6-15(14)22-16(19(12)20(24)25-2)11-26-18(23)10-8-13-7-9-17(21)27-13/h3-10H,11H2,1-2H3/b10-8+. The van der Waals surface area contributed by atoms with Crippen molar-refractivity contribution in [3.05, 3.63) is 69.7 Å². The van der Waals surface area contributed by atoms with E-state index in [9.17, 15) is 9.59 Å². The number of nitrogens with zero attached hydrogens (tertiary/aromatic N) is 1. The lowest BCUT2D eigenvalue weighted by Crippen LogP contribution is -2.13. The summed E-state index contributed by atoms with van der Waals surface area (Å²) in [7, 11) is 1.30. The van der Waals surface area contributed by atoms with E-state index in [1.165, 1.54) is 19.3 Å². The Balaban J connectivity index is 1.84. The molecule has 2 aromatic heterocycles. The maximum atomic E-state index is 12.2. The summed E-state index contributed by atoms with van der Waals surface area (Å²) >= 11 is 3.19. The third-order valence-corrected chi connectivity index (χ3v) is 4.37. The number of hydrogen-bond donors (Lipinski definition) is 0. The lowest BCUT2D eigenvalue weighted by molar-refractivity contribution is -0.139. The Morgan fingerprint density at radius 3 is 2.70 bits per heavy atom. The normalized spacial score (nSPS) is 11.1. The van der Waals surface area contributed by atoms with Crippen molar-refractivity contribution in [1.29, 1.82) is 0 Å². The topological polar surface area (TPSA) is 78.6 Å². The van der Waals surface area contributed by atoms with Gasteiger partial charge < -0.3 is 13.9 Å². The Bertz CT molecular complexity index is 1040. The van der Waals surface area contributed by atoms with E-state index in [1.807, 2.05) is 31.2 Å². The molecule has 6 nitrogen and oxygen atoms in total. The van der Waals surface area contributed by atoms with Crippen LogP contribution in [0.5, 0.6) is 0 Å². The number of aromatic nitrogens is 1. The van der Waals surface area contributed by atoms with E-state index in [0.29, 0.717) is 27.2 Å². The van der Waals surface area contributed by atoms with Crippen LogP contribution < -0.4 is 0 Å². The molecule has 3 aromatic rings. The number of fused-ring (bicyclic) bond motifs is 1. The minimum atomic E-state index is -0.578. The van der Waals surface area contributed by atoms with Crippen LogP contribution in [-0.4, -0.2) is 24.0 Å². The molecule has 0 aliphatic carbocycles. The van der Waals surface area contributed by atoms with Gasteiger partial charge >= 0.3 is 11.9 Å². The van der Waals surface area contributed by atoms with Crippen LogP contribution in [0.1, 0.15) is 27.4 Å². The van der Waals surface area contributed by atoms with Gasteiger partial charge in [0, 0.05) is 11.5 Å². The molecule has 0 saturated carbocycles. The van der Waals surface area contributed by atoms with E-state index in [1.54, 1.807) is 12.1 Å². The van der Waals surface area contributed by atoms with Crippen molar-refractivity contribution in [3.8, 4) is 0 Å². The number of esters is 2. The summed E-state index contributed by atoms with van der Waals surface area (Å²) in [5, 5.41) is 0.844. The number of hydrogen-bond acceptors (Lipinski definition) is 6. The van der Waals surface area contributed by atoms with E-state index in [2.05, 4.69) is 20.9 Å². The third-order valence-electron chi connectivity index (χ3n) is 3.95. The van der Waals surface area contributed by atoms with E-state index >= 15 is 0 Å². The molecule has 3 rings (SSSR count). The summed E-state index contributed by atoms with van der Waals surface area (Å²) in [6, 6.07) is 10.9. The fourth-order valence-corrected chi connectivity index (χ4v) is 2.99. The third kappa shape index (κ3) is 4.25. The molecule has 0 amide bonds. The molecule has 0 radical (unpaired) electrons. The molecule has 0 aliphatic rings. The molecule has 0 bridgehead atoms. The van der Waals surface area contributed by atoms with Gasteiger partial charge in [-0.3, -0.25) is 0 Å². The van der Waals surface area contributed by atoms with Crippen molar-refractivity contribution in [2.45, 2.75) is 13.5 Å². The number of carbonyl (C=O) groups is 2. The molecular formula is C20H16BrNO5. The highest BCUT2D eigenvalue weighted by Crippen LogP contribution is 2.24. The minimum absolute atomic E-state index is 0.152. The first-order valence-electron chi connectivity index (χ1n) is 8.06. The molecule has 0 atom stereocenters. The van der Waals surface area contributed by atoms with Gasteiger partial charge in [0.1, 0.15) is 12.4 Å². The van der Waals surface area contributed by atoms with Crippen LogP contribution in [0, 0.1) is 6.92 Å². The molecule has 0 N–H and O–H groups in total. The number of methoxy groups -OCH3 is 1. The number of furan rings is 1. The first kappa shape index (κ1) is 18.8. The predicted molar refractivity (Wildman–Crippen MR) is 103 cm³/mol. The predicted octanol–water partition coefficient (Wildman–Crippen LogP) is 4.44. The molecule has 1 aromatic carbocycles. The number of pyridine rings is 1. The van der Waals surface area contributed by atoms with Gasteiger partial charge in [-0.25, -0.2) is 14.6 Å². The smallest absolute Gasteiger partial charge is 0.340 e. The highest BCUT2D eigenvalue weighted by Gasteiger charge is 2.20. The van der Waals surface area contributed by atoms with E-state index in [0.717, 1.165) is 10.9 Å². The van der Waals surface area contributed by atoms with Crippen LogP contribution in [0.2, 0.25) is 0 Å². The Morgan fingerprint density at radius 1 is 1.22 bits per heavy atom. The lowest BCUT2D eigenvalue weighted by Gasteiger charge is -2.13. The van der Waals surface area contributed by atoms with Crippen molar-refractivity contribution >= 4 is 44.8 Å². The monoisotopic (exact) mass is 429 g/mol. The summed E-state index contributed by atoms with van der Waals surface area (Å²) in [5.74, 6) is -0.590. The first-order valence-corrected chi connectivity index (χ1v) is 8.85. The zero-order chi connectivity index (χ0) is 19.4. The van der Waals surface area contributed by atoms with Gasteiger partial charge in [0.2, 0.25) is 0 Å². The highest BCUT2D eigenvalue weighted by molar-refractivity contribution is 9.10. The molecule has 138 valence electrons. The number of para-hydroxylation sites is 1. The Labute approximate surface area is 163 Å². The molecular weight excluding hydrogens is 414 g/mol. The minimum Gasteiger partial charge on any atom is -0.465 e. The number of ether oxygens (including phenoxy) is 2. The quantitative estimate of drug-likeness (QED) is 0.440. The van der Waals surface area contributed by atoms with Gasteiger partial charge in [-0.2, -0.15) is 0 Å². The van der Waals surface area contributed by atoms with Crippen molar-refractivity contribution < 1.29 is 23.5 Å². The number of rotatable bonds is 5. The van der Waals surface area contributed by atoms with E-state index in [4.69, 9.17) is 13.9 Å². The van der Waals surface area contributed by atoms with Gasteiger partial charge in [-0.1, -0.05) is 18.2 Å². The van der Waals surface area contributed by atoms with Crippen molar-refractivity contribution in [2.24, 2.45) is 0 Å². The lowest BCUT2D eigenvalue weighted by atomic mass is 10.0. The molecule has 7 heteroatoms. The van der Waals surface area contributed by atoms with Gasteiger partial charge in [-0.15, -0.1) is 0 Å². The fraction of sp³-hybridized carbons (Fsp3) is 0.150. The Kier molecular flexibility index (Phi) is 5.71. The summed E-state index contributed by atoms with van der Waals surface area (Å²) in [4.78, 5) is 28.7. The SMILES string of the molecule is COC(=O)c1c(COC(=O)/C=C/c2ccc(Br)o2)nc2ccccc2c1C. The average molecular weight is 430 g/mol. The van der Waals surface area contributed by atoms with Gasteiger partial charge in [0.15, 0.2) is 4.67 Å². The summed E-state index contributed by atoms with van der Waals surface area (Å²) in [6.45, 7) is 1.66. The number of carbonyl (C=O) groups excluding carboxylic acids is 2. The van der Waals surface area contributed by atoms with Crippen molar-refractivity contribution in [2.75, 3.05) is 7.11 Å². The molecule has 0 saturated heterocycles. The van der Waals surface area contributed by atoms with Gasteiger partial charge in [-0.05, 0) is 52.7 Å². The number of aryl methyl sites for hydroxylation is 1. The summed E-state index contributed by atoms with van der Waals surface area (Å²) < 4.78 is 16.0. The second-order valence-corrected chi connectivity index (χ2v) is 6.43. The average Bonchev–Trinajstić information content (AvgIpc) is 3.09. The van der Waals surface area contributed by atoms with Gasteiger partial charge in [0.25, 0.3) is 0 Å². The largest absolute Gasteiger partial charge is 0.465 e. The van der Waals surface area contributed by atoms with Gasteiger partial charge in [0.05, 0.1) is 23.9 Å². The Morgan fingerprint density at radius 2 is 2.00 bits per heavy atom. The zero-order valence-electron chi connectivity index (χ0n) is 14.7. The molecule has 0 spiro atoms. The summed E-state index contributed by atoms with van der Waals surface area (Å²) in [6.07, 6.45) is 2.74. The van der Waals surface area contributed by atoms with Crippen LogP contribution in [0.15, 0.2) is 51.6 Å². The first-order chi connectivity index (χ1) is 13.0. The highest BCUT2D eigenvalue weighted by atomic mass is 79.9. The molecule has 2 heterocycles. The molecule has 0 aliphatic heterocycles. The number of halogens is 1. The van der Waals surface area contributed by atoms with Crippen molar-refractivity contribution in [1.82, 2.24) is 4.98 Å². The van der Waals surface area contributed by atoms with E-state index in [-0.39, 0.29) is 6.61 Å². The Hall–Kier alpha value is -2.93. The van der Waals surface area contributed by atoms with Crippen molar-refractivity contribution in [3.63, 3.8) is 0 Å². The maximum absolute atomic E-state index is 12.2. The van der Waals surface area contributed by atoms with E-state index < -0.39 is 11.9 Å². The van der Waals surface area contributed by atoms with Crippen LogP contribution in [0.25, 0.3) is 17.0 Å². The fourth-order valence-electron chi connectivity index (χ4n) is 2.67. The van der Waals surface area contributed by atoms with Crippen LogP contribution in [0.4, 0.5) is 0 Å². The summed E-state index contributed by atoms with van der Waals surface area (Å²) in [5.41, 5.74) is 2.10. The van der Waals surface area contributed by atoms with Crippen LogP contribution in [0.3, 0.4) is 0 Å². The second-order valence-electron chi connectivity index (χ2n) is 5.65. The second kappa shape index (κ2) is 8.18. The maximum Gasteiger partial charge on any atom is 0.340 e. The molecule has 27 heavy (non-hydrogen) atoms. The van der Waals surface area contributed by atoms with Crippen LogP contribution in [-0.2, 0) is 20.9 Å².